The van der Waals surface area contributed by atoms with Gasteiger partial charge in [0.25, 0.3) is 0 Å². The van der Waals surface area contributed by atoms with Gasteiger partial charge in [-0.15, -0.1) is 0 Å². The molecule has 1 aromatic carbocycles. The summed E-state index contributed by atoms with van der Waals surface area (Å²) in [7, 11) is 1.59. The first-order valence-electron chi connectivity index (χ1n) is 4.09. The summed E-state index contributed by atoms with van der Waals surface area (Å²) in [6, 6.07) is 6.47. The van der Waals surface area contributed by atoms with Crippen LogP contribution in [0.2, 0.25) is 0 Å². The lowest BCUT2D eigenvalue weighted by Gasteiger charge is -2.04. The minimum Gasteiger partial charge on any atom is -0.497 e. The van der Waals surface area contributed by atoms with Crippen LogP contribution in [0.1, 0.15) is 17.3 Å². The highest BCUT2D eigenvalue weighted by molar-refractivity contribution is 5.99. The fraction of sp³-hybridized carbons (Fsp3) is 0.300. The van der Waals surface area contributed by atoms with Crippen LogP contribution in [0.15, 0.2) is 24.3 Å². The van der Waals surface area contributed by atoms with Gasteiger partial charge in [0.2, 0.25) is 0 Å². The first-order valence-corrected chi connectivity index (χ1v) is 4.09. The number of rotatable bonds is 3. The molecule has 0 unspecified atom stereocenters. The minimum absolute atomic E-state index is 0.0531. The third-order valence-electron chi connectivity index (χ3n) is 1.79. The van der Waals surface area contributed by atoms with Crippen molar-refractivity contribution in [3.05, 3.63) is 29.8 Å². The first-order chi connectivity index (χ1) is 6.15. The van der Waals surface area contributed by atoms with Crippen LogP contribution in [0.4, 0.5) is 0 Å². The summed E-state index contributed by atoms with van der Waals surface area (Å²) in [6.07, 6.45) is 0. The topological polar surface area (TPSA) is 52.3 Å². The van der Waals surface area contributed by atoms with Crippen molar-refractivity contribution in [3.8, 4) is 5.75 Å². The molecular formula is C10H13NO2. The lowest BCUT2D eigenvalue weighted by atomic mass is 10.1. The molecule has 1 aromatic rings. The normalized spacial score (nSPS) is 12.2. The van der Waals surface area contributed by atoms with Gasteiger partial charge in [0.15, 0.2) is 5.78 Å². The van der Waals surface area contributed by atoms with E-state index >= 15 is 0 Å². The van der Waals surface area contributed by atoms with Gasteiger partial charge in [0, 0.05) is 5.56 Å². The van der Waals surface area contributed by atoms with Crippen molar-refractivity contribution < 1.29 is 9.53 Å². The van der Waals surface area contributed by atoms with Crippen molar-refractivity contribution in [1.82, 2.24) is 0 Å². The molecule has 1 rings (SSSR count). The minimum atomic E-state index is -0.451. The van der Waals surface area contributed by atoms with Crippen LogP contribution in [0.25, 0.3) is 0 Å². The van der Waals surface area contributed by atoms with Crippen molar-refractivity contribution in [2.24, 2.45) is 5.73 Å². The molecule has 0 fully saturated rings. The Hall–Kier alpha value is -1.35. The van der Waals surface area contributed by atoms with Crippen LogP contribution in [0, 0.1) is 0 Å². The predicted molar refractivity (Wildman–Crippen MR) is 51.0 cm³/mol. The van der Waals surface area contributed by atoms with Gasteiger partial charge in [-0.3, -0.25) is 4.79 Å². The Morgan fingerprint density at radius 1 is 1.38 bits per heavy atom. The molecule has 13 heavy (non-hydrogen) atoms. The van der Waals surface area contributed by atoms with Crippen LogP contribution in [-0.2, 0) is 0 Å². The van der Waals surface area contributed by atoms with Crippen LogP contribution in [-0.4, -0.2) is 18.9 Å². The van der Waals surface area contributed by atoms with Crippen molar-refractivity contribution in [1.29, 1.82) is 0 Å². The van der Waals surface area contributed by atoms with Gasteiger partial charge in [-0.2, -0.15) is 0 Å². The summed E-state index contributed by atoms with van der Waals surface area (Å²) in [4.78, 5) is 11.4. The van der Waals surface area contributed by atoms with Gasteiger partial charge in [0.1, 0.15) is 5.75 Å². The summed E-state index contributed by atoms with van der Waals surface area (Å²) < 4.78 is 4.97. The van der Waals surface area contributed by atoms with Gasteiger partial charge >= 0.3 is 0 Å². The van der Waals surface area contributed by atoms with E-state index < -0.39 is 6.04 Å². The predicted octanol–water partition coefficient (Wildman–Crippen LogP) is 1.23. The monoisotopic (exact) mass is 179 g/mol. The second-order valence-electron chi connectivity index (χ2n) is 2.88. The van der Waals surface area contributed by atoms with Gasteiger partial charge in [-0.05, 0) is 31.2 Å². The van der Waals surface area contributed by atoms with Crippen molar-refractivity contribution in [3.63, 3.8) is 0 Å². The third kappa shape index (κ3) is 2.29. The molecule has 3 nitrogen and oxygen atoms in total. The Bertz CT molecular complexity index is 290. The molecule has 0 heterocycles. The number of hydrogen-bond acceptors (Lipinski definition) is 3. The number of Topliss-reactive ketones (excluding diaryl/α,β-unsaturated/α-hetero) is 1. The summed E-state index contributed by atoms with van der Waals surface area (Å²) in [5, 5.41) is 0. The molecular weight excluding hydrogens is 166 g/mol. The number of ether oxygens (including phenoxy) is 1. The van der Waals surface area contributed by atoms with E-state index in [1.165, 1.54) is 0 Å². The zero-order valence-corrected chi connectivity index (χ0v) is 7.78. The van der Waals surface area contributed by atoms with Crippen molar-refractivity contribution in [2.45, 2.75) is 13.0 Å². The van der Waals surface area contributed by atoms with Crippen LogP contribution >= 0.6 is 0 Å². The number of carbonyl (C=O) groups excluding carboxylic acids is 1. The zero-order chi connectivity index (χ0) is 9.84. The van der Waals surface area contributed by atoms with E-state index in [0.29, 0.717) is 5.56 Å². The molecule has 70 valence electrons. The number of methoxy groups -OCH3 is 1. The van der Waals surface area contributed by atoms with Gasteiger partial charge in [-0.25, -0.2) is 0 Å². The van der Waals surface area contributed by atoms with Crippen LogP contribution in [0.5, 0.6) is 5.75 Å². The number of nitrogens with two attached hydrogens (primary N) is 1. The van der Waals surface area contributed by atoms with E-state index in [1.54, 1.807) is 38.3 Å². The summed E-state index contributed by atoms with van der Waals surface area (Å²) in [6.45, 7) is 1.67. The van der Waals surface area contributed by atoms with E-state index in [4.69, 9.17) is 10.5 Å². The Balaban J connectivity index is 2.86. The molecule has 2 N–H and O–H groups in total. The molecule has 0 aromatic heterocycles. The number of benzene rings is 1. The smallest absolute Gasteiger partial charge is 0.179 e. The highest BCUT2D eigenvalue weighted by Gasteiger charge is 2.09. The Morgan fingerprint density at radius 2 is 1.92 bits per heavy atom. The summed E-state index contributed by atoms with van der Waals surface area (Å²) >= 11 is 0. The molecule has 0 spiro atoms. The maximum atomic E-state index is 11.4. The molecule has 0 radical (unpaired) electrons. The van der Waals surface area contributed by atoms with E-state index in [-0.39, 0.29) is 5.78 Å². The molecule has 0 saturated heterocycles. The van der Waals surface area contributed by atoms with E-state index in [2.05, 4.69) is 0 Å². The van der Waals surface area contributed by atoms with Crippen molar-refractivity contribution in [2.75, 3.05) is 7.11 Å². The Labute approximate surface area is 77.5 Å². The molecule has 3 heteroatoms. The first kappa shape index (κ1) is 9.74. The highest BCUT2D eigenvalue weighted by atomic mass is 16.5. The Morgan fingerprint density at radius 3 is 2.31 bits per heavy atom. The third-order valence-corrected chi connectivity index (χ3v) is 1.79. The van der Waals surface area contributed by atoms with Crippen molar-refractivity contribution >= 4 is 5.78 Å². The maximum absolute atomic E-state index is 11.4. The van der Waals surface area contributed by atoms with Crippen LogP contribution in [0.3, 0.4) is 0 Å². The number of carbonyl (C=O) groups is 1. The summed E-state index contributed by atoms with van der Waals surface area (Å²) in [5.74, 6) is 0.684. The molecule has 0 saturated carbocycles. The van der Waals surface area contributed by atoms with E-state index in [1.807, 2.05) is 0 Å². The highest BCUT2D eigenvalue weighted by Crippen LogP contribution is 2.12. The largest absolute Gasteiger partial charge is 0.497 e. The zero-order valence-electron chi connectivity index (χ0n) is 7.78. The number of hydrogen-bond donors (Lipinski definition) is 1. The van der Waals surface area contributed by atoms with E-state index in [9.17, 15) is 4.79 Å². The lowest BCUT2D eigenvalue weighted by molar-refractivity contribution is 0.0968. The van der Waals surface area contributed by atoms with Gasteiger partial charge in [-0.1, -0.05) is 0 Å². The van der Waals surface area contributed by atoms with E-state index in [0.717, 1.165) is 5.75 Å². The average molecular weight is 179 g/mol. The molecule has 0 bridgehead atoms. The fourth-order valence-corrected chi connectivity index (χ4v) is 1.02. The molecule has 1 atom stereocenters. The summed E-state index contributed by atoms with van der Waals surface area (Å²) in [5.41, 5.74) is 6.08. The standard InChI is InChI=1S/C10H13NO2/c1-7(11)10(12)8-3-5-9(13-2)6-4-8/h3-7H,11H2,1-2H3/t7-/m1/s1. The fourth-order valence-electron chi connectivity index (χ4n) is 1.02. The second kappa shape index (κ2) is 4.05. The Kier molecular flexibility index (Phi) is 3.03. The van der Waals surface area contributed by atoms with Gasteiger partial charge in [0.05, 0.1) is 13.2 Å². The number of ketones is 1. The molecule has 0 aliphatic carbocycles. The van der Waals surface area contributed by atoms with Gasteiger partial charge < -0.3 is 10.5 Å². The quantitative estimate of drug-likeness (QED) is 0.710. The SMILES string of the molecule is COc1ccc(C(=O)[C@@H](C)N)cc1. The molecule has 0 aliphatic rings. The van der Waals surface area contributed by atoms with Crippen LogP contribution < -0.4 is 10.5 Å². The maximum Gasteiger partial charge on any atom is 0.179 e. The lowest BCUT2D eigenvalue weighted by Crippen LogP contribution is -2.26. The second-order valence-corrected chi connectivity index (χ2v) is 2.88. The average Bonchev–Trinajstić information content (AvgIpc) is 2.17. The molecule has 0 amide bonds. The molecule has 0 aliphatic heterocycles.